The molecule has 0 aromatic heterocycles. The van der Waals surface area contributed by atoms with Crippen LogP contribution in [0.4, 0.5) is 0 Å². The summed E-state index contributed by atoms with van der Waals surface area (Å²) in [6, 6.07) is 6.87. The van der Waals surface area contributed by atoms with Crippen LogP contribution in [0.3, 0.4) is 0 Å². The lowest BCUT2D eigenvalue weighted by Crippen LogP contribution is -2.26. The first-order chi connectivity index (χ1) is 10.2. The molecule has 0 bridgehead atoms. The first-order valence-corrected chi connectivity index (χ1v) is 10.3. The molecule has 0 fully saturated rings. The molecule has 0 N–H and O–H groups in total. The number of aryl methyl sites for hydroxylation is 1. The van der Waals surface area contributed by atoms with E-state index in [-0.39, 0.29) is 23.7 Å². The van der Waals surface area contributed by atoms with Crippen LogP contribution in [0.15, 0.2) is 24.3 Å². The van der Waals surface area contributed by atoms with E-state index in [9.17, 15) is 16.8 Å². The second-order valence-electron chi connectivity index (χ2n) is 5.19. The van der Waals surface area contributed by atoms with Crippen molar-refractivity contribution in [3.63, 3.8) is 0 Å². The molecule has 0 saturated heterocycles. The van der Waals surface area contributed by atoms with E-state index in [1.54, 1.807) is 12.1 Å². The minimum Gasteiger partial charge on any atom is -0.382 e. The van der Waals surface area contributed by atoms with Crippen molar-refractivity contribution in [3.05, 3.63) is 29.8 Å². The molecule has 126 valence electrons. The van der Waals surface area contributed by atoms with E-state index < -0.39 is 20.1 Å². The highest BCUT2D eigenvalue weighted by Crippen LogP contribution is 2.16. The van der Waals surface area contributed by atoms with Gasteiger partial charge in [0.2, 0.25) is 10.0 Å². The molecule has 1 aromatic rings. The van der Waals surface area contributed by atoms with Crippen LogP contribution < -0.4 is 4.18 Å². The van der Waals surface area contributed by atoms with Gasteiger partial charge in [-0.1, -0.05) is 25.5 Å². The fourth-order valence-corrected chi connectivity index (χ4v) is 3.83. The Balaban J connectivity index is 2.57. The van der Waals surface area contributed by atoms with E-state index in [4.69, 9.17) is 4.18 Å². The number of hydrogen-bond acceptors (Lipinski definition) is 5. The van der Waals surface area contributed by atoms with Gasteiger partial charge in [-0.2, -0.15) is 8.42 Å². The van der Waals surface area contributed by atoms with Crippen LogP contribution in [-0.2, 0) is 26.6 Å². The van der Waals surface area contributed by atoms with E-state index in [1.165, 1.54) is 14.1 Å². The first-order valence-electron chi connectivity index (χ1n) is 7.07. The van der Waals surface area contributed by atoms with Gasteiger partial charge in [0.1, 0.15) is 5.75 Å². The van der Waals surface area contributed by atoms with Gasteiger partial charge in [-0.3, -0.25) is 0 Å². The van der Waals surface area contributed by atoms with Gasteiger partial charge < -0.3 is 4.18 Å². The van der Waals surface area contributed by atoms with Crippen LogP contribution >= 0.6 is 0 Å². The molecule has 0 amide bonds. The summed E-state index contributed by atoms with van der Waals surface area (Å²) in [5, 5.41) is 0. The van der Waals surface area contributed by atoms with Crippen LogP contribution in [0.5, 0.6) is 5.75 Å². The molecule has 0 heterocycles. The first kappa shape index (κ1) is 18.9. The Morgan fingerprint density at radius 2 is 1.59 bits per heavy atom. The van der Waals surface area contributed by atoms with Crippen LogP contribution in [0, 0.1) is 0 Å². The molecule has 0 radical (unpaired) electrons. The summed E-state index contributed by atoms with van der Waals surface area (Å²) in [6.45, 7) is 2.07. The topological polar surface area (TPSA) is 80.8 Å². The Hall–Kier alpha value is -1.12. The minimum absolute atomic E-state index is 0.00321. The quantitative estimate of drug-likeness (QED) is 0.633. The largest absolute Gasteiger partial charge is 0.382 e. The van der Waals surface area contributed by atoms with Gasteiger partial charge in [0.15, 0.2) is 0 Å². The van der Waals surface area contributed by atoms with E-state index in [0.29, 0.717) is 0 Å². The molecule has 0 saturated carbocycles. The number of sulfonamides is 1. The monoisotopic (exact) mass is 349 g/mol. The molecular weight excluding hydrogens is 326 g/mol. The number of nitrogens with zero attached hydrogens (tertiary/aromatic N) is 1. The maximum Gasteiger partial charge on any atom is 0.309 e. The Kier molecular flexibility index (Phi) is 6.83. The van der Waals surface area contributed by atoms with Crippen molar-refractivity contribution in [2.75, 3.05) is 25.6 Å². The highest BCUT2D eigenvalue weighted by molar-refractivity contribution is 7.89. The van der Waals surface area contributed by atoms with Crippen molar-refractivity contribution < 1.29 is 21.0 Å². The number of rotatable bonds is 9. The van der Waals surface area contributed by atoms with Crippen LogP contribution in [0.2, 0.25) is 0 Å². The summed E-state index contributed by atoms with van der Waals surface area (Å²) >= 11 is 0. The molecule has 8 heteroatoms. The summed E-state index contributed by atoms with van der Waals surface area (Å²) in [4.78, 5) is 0. The van der Waals surface area contributed by atoms with Gasteiger partial charge in [0.05, 0.1) is 11.5 Å². The summed E-state index contributed by atoms with van der Waals surface area (Å²) in [6.07, 6.45) is 1.94. The highest BCUT2D eigenvalue weighted by atomic mass is 32.2. The van der Waals surface area contributed by atoms with Gasteiger partial charge in [0, 0.05) is 14.1 Å². The van der Waals surface area contributed by atoms with E-state index >= 15 is 0 Å². The smallest absolute Gasteiger partial charge is 0.309 e. The second kappa shape index (κ2) is 7.94. The van der Waals surface area contributed by atoms with Crippen molar-refractivity contribution in [1.82, 2.24) is 4.31 Å². The molecule has 0 atom stereocenters. The average Bonchev–Trinajstić information content (AvgIpc) is 2.40. The maximum absolute atomic E-state index is 11.8. The fourth-order valence-electron chi connectivity index (χ4n) is 1.79. The molecule has 1 aromatic carbocycles. The highest BCUT2D eigenvalue weighted by Gasteiger charge is 2.18. The predicted octanol–water partition coefficient (Wildman–Crippen LogP) is 1.63. The van der Waals surface area contributed by atoms with Gasteiger partial charge in [-0.15, -0.1) is 0 Å². The number of benzene rings is 1. The molecule has 0 unspecified atom stereocenters. The van der Waals surface area contributed by atoms with Crippen molar-refractivity contribution in [2.24, 2.45) is 0 Å². The Morgan fingerprint density at radius 3 is 2.09 bits per heavy atom. The summed E-state index contributed by atoms with van der Waals surface area (Å²) in [5.41, 5.74) is 1.12. The minimum atomic E-state index is -3.79. The van der Waals surface area contributed by atoms with Crippen molar-refractivity contribution >= 4 is 20.1 Å². The zero-order valence-electron chi connectivity index (χ0n) is 13.1. The Morgan fingerprint density at radius 1 is 1.00 bits per heavy atom. The molecule has 1 rings (SSSR count). The lowest BCUT2D eigenvalue weighted by Gasteiger charge is -2.11. The van der Waals surface area contributed by atoms with E-state index in [1.807, 2.05) is 12.1 Å². The Labute approximate surface area is 133 Å². The standard InChI is InChI=1S/C14H23NO5S2/c1-4-6-13-7-9-14(10-8-13)20-22(18,19)12-5-11-21(16,17)15(2)3/h7-10H,4-6,11-12H2,1-3H3. The third-order valence-electron chi connectivity index (χ3n) is 3.04. The van der Waals surface area contributed by atoms with Crippen molar-refractivity contribution in [3.8, 4) is 5.75 Å². The fraction of sp³-hybridized carbons (Fsp3) is 0.571. The van der Waals surface area contributed by atoms with Crippen LogP contribution in [0.1, 0.15) is 25.3 Å². The van der Waals surface area contributed by atoms with Crippen LogP contribution in [0.25, 0.3) is 0 Å². The molecule has 22 heavy (non-hydrogen) atoms. The Bertz CT molecular complexity index is 664. The van der Waals surface area contributed by atoms with Gasteiger partial charge in [-0.25, -0.2) is 12.7 Å². The second-order valence-corrected chi connectivity index (χ2v) is 9.18. The average molecular weight is 349 g/mol. The third-order valence-corrected chi connectivity index (χ3v) is 6.19. The molecule has 0 aliphatic carbocycles. The maximum atomic E-state index is 11.8. The van der Waals surface area contributed by atoms with E-state index in [0.717, 1.165) is 22.7 Å². The normalized spacial score (nSPS) is 12.5. The van der Waals surface area contributed by atoms with Gasteiger partial charge >= 0.3 is 10.1 Å². The molecule has 0 aliphatic heterocycles. The lowest BCUT2D eigenvalue weighted by atomic mass is 10.1. The van der Waals surface area contributed by atoms with Gasteiger partial charge in [-0.05, 0) is 30.5 Å². The van der Waals surface area contributed by atoms with Crippen LogP contribution in [-0.4, -0.2) is 46.7 Å². The predicted molar refractivity (Wildman–Crippen MR) is 86.9 cm³/mol. The lowest BCUT2D eigenvalue weighted by molar-refractivity contribution is 0.484. The summed E-state index contributed by atoms with van der Waals surface area (Å²) < 4.78 is 52.8. The SMILES string of the molecule is CCCc1ccc(OS(=O)(=O)CCCS(=O)(=O)N(C)C)cc1. The zero-order valence-corrected chi connectivity index (χ0v) is 14.8. The van der Waals surface area contributed by atoms with Crippen molar-refractivity contribution in [1.29, 1.82) is 0 Å². The summed E-state index contributed by atoms with van der Waals surface area (Å²) in [5.74, 6) is -0.315. The van der Waals surface area contributed by atoms with Crippen molar-refractivity contribution in [2.45, 2.75) is 26.2 Å². The summed E-state index contributed by atoms with van der Waals surface area (Å²) in [7, 11) is -4.35. The van der Waals surface area contributed by atoms with E-state index in [2.05, 4.69) is 6.92 Å². The molecule has 0 spiro atoms. The molecular formula is C14H23NO5S2. The third kappa shape index (κ3) is 6.33. The zero-order chi connectivity index (χ0) is 16.8. The molecule has 6 nitrogen and oxygen atoms in total. The number of hydrogen-bond donors (Lipinski definition) is 0. The van der Waals surface area contributed by atoms with Gasteiger partial charge in [0.25, 0.3) is 0 Å². The molecule has 0 aliphatic rings.